The number of carbonyl (C=O) groups excluding carboxylic acids is 3. The molecular formula is C61H64ClF3N10O8. The van der Waals surface area contributed by atoms with Crippen molar-refractivity contribution in [2.75, 3.05) is 63.9 Å². The fourth-order valence-electron chi connectivity index (χ4n) is 11.7. The summed E-state index contributed by atoms with van der Waals surface area (Å²) < 4.78 is 67.3. The highest BCUT2D eigenvalue weighted by molar-refractivity contribution is 6.35. The van der Waals surface area contributed by atoms with E-state index >= 15 is 8.78 Å². The Morgan fingerprint density at radius 2 is 1.72 bits per heavy atom. The molecule has 3 aromatic heterocycles. The van der Waals surface area contributed by atoms with Gasteiger partial charge in [0.15, 0.2) is 23.2 Å². The number of nitriles is 1. The summed E-state index contributed by atoms with van der Waals surface area (Å²) in [5.41, 5.74) is 1.34. The molecule has 3 fully saturated rings. The molecule has 4 aromatic carbocycles. The van der Waals surface area contributed by atoms with Crippen LogP contribution in [0.1, 0.15) is 76.0 Å². The van der Waals surface area contributed by atoms with E-state index in [0.29, 0.717) is 36.0 Å². The molecule has 18 nitrogen and oxygen atoms in total. The first-order valence-electron chi connectivity index (χ1n) is 27.7. The summed E-state index contributed by atoms with van der Waals surface area (Å²) in [7, 11) is 1.87. The number of hydrogen-bond donors (Lipinski definition) is 2. The van der Waals surface area contributed by atoms with Crippen molar-refractivity contribution >= 4 is 56.7 Å². The molecule has 2 N–H and O–H groups in total. The molecule has 0 aliphatic carbocycles. The summed E-state index contributed by atoms with van der Waals surface area (Å²) in [4.78, 5) is 56.7. The number of amides is 2. The number of nitrogens with zero attached hydrogens (tertiary/aromatic N) is 10. The quantitative estimate of drug-likeness (QED) is 0.0721. The second kappa shape index (κ2) is 24.4. The number of benzene rings is 4. The van der Waals surface area contributed by atoms with Gasteiger partial charge in [0.25, 0.3) is 11.8 Å². The largest absolute Gasteiger partial charge is 0.508 e. The lowest BCUT2D eigenvalue weighted by Gasteiger charge is -2.41. The third-order valence-electron chi connectivity index (χ3n) is 16.2. The van der Waals surface area contributed by atoms with Crippen molar-refractivity contribution in [1.29, 1.82) is 5.26 Å². The van der Waals surface area contributed by atoms with E-state index in [-0.39, 0.29) is 146 Å². The van der Waals surface area contributed by atoms with Crippen LogP contribution < -0.4 is 14.4 Å². The summed E-state index contributed by atoms with van der Waals surface area (Å²) in [6.07, 6.45) is 1.18. The number of fused-ring (bicyclic) bond motifs is 2. The van der Waals surface area contributed by atoms with Crippen LogP contribution in [0.2, 0.25) is 5.02 Å². The van der Waals surface area contributed by atoms with Gasteiger partial charge in [0.1, 0.15) is 41.9 Å². The maximum Gasteiger partial charge on any atom is 0.319 e. The lowest BCUT2D eigenvalue weighted by Crippen LogP contribution is -2.55. The first-order chi connectivity index (χ1) is 39.8. The van der Waals surface area contributed by atoms with E-state index in [2.05, 4.69) is 27.9 Å². The van der Waals surface area contributed by atoms with E-state index in [4.69, 9.17) is 30.6 Å². The number of ketones is 1. The number of ether oxygens (including phenoxy) is 2. The summed E-state index contributed by atoms with van der Waals surface area (Å²) in [5.74, 6) is -4.48. The smallest absolute Gasteiger partial charge is 0.319 e. The number of aliphatic hydroxyl groups is 1. The zero-order valence-electron chi connectivity index (χ0n) is 46.5. The van der Waals surface area contributed by atoms with Gasteiger partial charge in [-0.15, -0.1) is 0 Å². The SMILES string of the molecule is C=C(F)C(=O)N1CCN(c2nc(OCCN3CCC(F)(COc4cc([C@H](C(=O)N5C[C@H](O)C[C@H]5C(=O)C[C@@H](C)c5ccc(-c6ccnn6C)cc5)C(C)C)on4)CC3)nc3c(F)c(-c4cc(O)cc5ccccc45)c(Cl)cc23)C[C@@H]1CC#N. The summed E-state index contributed by atoms with van der Waals surface area (Å²) in [6.45, 7) is 9.56. The number of piperidine rings is 1. The van der Waals surface area contributed by atoms with Crippen LogP contribution in [-0.4, -0.2) is 150 Å². The van der Waals surface area contributed by atoms with Crippen LogP contribution in [0.4, 0.5) is 19.0 Å². The number of aryl methyl sites for hydroxylation is 1. The summed E-state index contributed by atoms with van der Waals surface area (Å²) in [6, 6.07) is 23.3. The average molecular weight is 1160 g/mol. The Balaban J connectivity index is 0.778. The van der Waals surface area contributed by atoms with Gasteiger partial charge in [-0.25, -0.2) is 13.2 Å². The highest BCUT2D eigenvalue weighted by atomic mass is 35.5. The first kappa shape index (κ1) is 58.1. The molecule has 0 saturated carbocycles. The van der Waals surface area contributed by atoms with Gasteiger partial charge in [-0.3, -0.25) is 24.0 Å². The van der Waals surface area contributed by atoms with Gasteiger partial charge in [-0.05, 0) is 81.6 Å². The number of halogens is 4. The van der Waals surface area contributed by atoms with Crippen LogP contribution in [0.3, 0.4) is 0 Å². The Bertz CT molecular complexity index is 3620. The maximum absolute atomic E-state index is 17.3. The van der Waals surface area contributed by atoms with Crippen LogP contribution in [0.25, 0.3) is 44.1 Å². The Labute approximate surface area is 482 Å². The monoisotopic (exact) mass is 1160 g/mol. The minimum Gasteiger partial charge on any atom is -0.508 e. The van der Waals surface area contributed by atoms with E-state index in [1.807, 2.05) is 63.1 Å². The number of phenols is 1. The molecular weight excluding hydrogens is 1090 g/mol. The number of hydrogen-bond acceptors (Lipinski definition) is 15. The number of alkyl halides is 1. The van der Waals surface area contributed by atoms with Gasteiger partial charge in [0.2, 0.25) is 5.91 Å². The van der Waals surface area contributed by atoms with Crippen molar-refractivity contribution in [3.8, 4) is 46.1 Å². The number of rotatable bonds is 19. The maximum atomic E-state index is 17.3. The molecule has 2 amide bonds. The zero-order valence-corrected chi connectivity index (χ0v) is 47.2. The molecule has 3 aliphatic rings. The molecule has 3 aliphatic heterocycles. The molecule has 83 heavy (non-hydrogen) atoms. The number of piperazine rings is 1. The van der Waals surface area contributed by atoms with Gasteiger partial charge in [0, 0.05) is 88.9 Å². The number of anilines is 1. The Morgan fingerprint density at radius 3 is 2.43 bits per heavy atom. The first-order valence-corrected chi connectivity index (χ1v) is 28.1. The Hall–Kier alpha value is -8.06. The van der Waals surface area contributed by atoms with Crippen molar-refractivity contribution in [2.45, 2.75) is 88.6 Å². The summed E-state index contributed by atoms with van der Waals surface area (Å²) >= 11 is 6.92. The molecule has 10 rings (SSSR count). The minimum atomic E-state index is -1.75. The van der Waals surface area contributed by atoms with Crippen molar-refractivity contribution in [2.24, 2.45) is 13.0 Å². The highest BCUT2D eigenvalue weighted by Crippen LogP contribution is 2.43. The number of aromatic hydroxyl groups is 1. The molecule has 3 saturated heterocycles. The van der Waals surface area contributed by atoms with E-state index in [1.54, 1.807) is 46.1 Å². The third kappa shape index (κ3) is 12.4. The fraction of sp³-hybridized carbons (Fsp3) is 0.410. The van der Waals surface area contributed by atoms with Gasteiger partial charge < -0.3 is 38.9 Å². The number of β-amino-alcohol motifs (C(OH)–C–C–N with tert-alkyl or cyclic N) is 1. The van der Waals surface area contributed by atoms with Gasteiger partial charge >= 0.3 is 6.01 Å². The van der Waals surface area contributed by atoms with Crippen LogP contribution in [-0.2, 0) is 21.4 Å². The number of phenolic OH excluding ortho intramolecular Hbond substituents is 1. The van der Waals surface area contributed by atoms with Crippen LogP contribution in [0.5, 0.6) is 17.6 Å². The van der Waals surface area contributed by atoms with E-state index in [0.717, 1.165) is 16.8 Å². The van der Waals surface area contributed by atoms with Crippen LogP contribution in [0.15, 0.2) is 102 Å². The molecule has 5 atom stereocenters. The molecule has 22 heteroatoms. The lowest BCUT2D eigenvalue weighted by molar-refractivity contribution is -0.140. The molecule has 0 radical (unpaired) electrons. The lowest BCUT2D eigenvalue weighted by atomic mass is 9.89. The molecule has 434 valence electrons. The summed E-state index contributed by atoms with van der Waals surface area (Å²) in [5, 5.41) is 40.9. The topological polar surface area (TPSA) is 217 Å². The van der Waals surface area contributed by atoms with E-state index in [9.17, 15) is 34.2 Å². The average Bonchev–Trinajstić information content (AvgIpc) is 3.68. The number of Topliss-reactive ketones (excluding diaryl/α,β-unsaturated/α-hetero) is 1. The van der Waals surface area contributed by atoms with Crippen molar-refractivity contribution < 1.29 is 51.8 Å². The standard InChI is InChI=1S/C61H64ClF3N10O8/c1-35(2)53(59(80)75-33-43(77)29-49(75)50(78)26-36(3)38-10-12-39(13-11-38)48-15-19-67-71(48)5)51-31-52(70-83-51)82-34-61(65)16-20-72(21-17-61)24-25-81-60-68-56-46(57(69-60)73-22-23-74(58(79)37(4)63)41(32-73)14-18-66)30-47(62)54(55(56)64)45-28-42(76)27-40-8-6-7-9-44(40)45/h6-13,15,19,27-28,30-31,35-36,41,43,49,53,76-77H,4,14,16-17,20-26,29,32-34H2,1-3,5H3/t36-,41+,43-,49+,53-/m1/s1. The molecule has 0 bridgehead atoms. The number of aliphatic hydroxyl groups excluding tert-OH is 1. The molecule has 0 unspecified atom stereocenters. The number of likely N-dealkylation sites (tertiary alicyclic amines) is 2. The van der Waals surface area contributed by atoms with Crippen LogP contribution >= 0.6 is 11.6 Å². The predicted octanol–water partition coefficient (Wildman–Crippen LogP) is 9.48. The molecule has 7 aromatic rings. The van der Waals surface area contributed by atoms with Gasteiger partial charge in [-0.2, -0.15) is 20.3 Å². The van der Waals surface area contributed by atoms with E-state index in [1.165, 1.54) is 28.0 Å². The second-order valence-corrected chi connectivity index (χ2v) is 22.6. The molecule has 0 spiro atoms. The second-order valence-electron chi connectivity index (χ2n) is 22.2. The Kier molecular flexibility index (Phi) is 17.1. The van der Waals surface area contributed by atoms with E-state index < -0.39 is 47.3 Å². The molecule has 6 heterocycles. The van der Waals surface area contributed by atoms with Crippen molar-refractivity contribution in [3.05, 3.63) is 120 Å². The van der Waals surface area contributed by atoms with Crippen molar-refractivity contribution in [1.82, 2.24) is 39.6 Å². The normalized spacial score (nSPS) is 19.0. The van der Waals surface area contributed by atoms with Gasteiger partial charge in [0.05, 0.1) is 41.4 Å². The van der Waals surface area contributed by atoms with Crippen LogP contribution in [0, 0.1) is 23.1 Å². The minimum absolute atomic E-state index is 0.00101. The van der Waals surface area contributed by atoms with Gasteiger partial charge in [-0.1, -0.05) is 87.5 Å². The van der Waals surface area contributed by atoms with Crippen molar-refractivity contribution in [3.63, 3.8) is 0 Å². The zero-order chi connectivity index (χ0) is 58.9. The predicted molar refractivity (Wildman–Crippen MR) is 305 cm³/mol. The third-order valence-corrected chi connectivity index (χ3v) is 16.5. The number of aromatic nitrogens is 5. The number of carbonyl (C=O) groups is 3. The fourth-order valence-corrected chi connectivity index (χ4v) is 12.0. The highest BCUT2D eigenvalue weighted by Gasteiger charge is 2.44. The Morgan fingerprint density at radius 1 is 0.964 bits per heavy atom.